The average molecular weight is 424 g/mol. The number of carboxylic acids is 1. The van der Waals surface area contributed by atoms with E-state index in [4.69, 9.17) is 21.1 Å². The van der Waals surface area contributed by atoms with Crippen LogP contribution in [0.4, 0.5) is 0 Å². The molecule has 0 aliphatic heterocycles. The first kappa shape index (κ1) is 22.4. The highest BCUT2D eigenvalue weighted by molar-refractivity contribution is 7.98. The number of hydrogen-bond donors (Lipinski definition) is 2. The van der Waals surface area contributed by atoms with Crippen molar-refractivity contribution in [3.8, 4) is 11.5 Å². The standard InChI is InChI=1S/C21H26ClNO4S/c1-3-26-19-11-16(13-23-18(21(24)25)9-10-28-2)17(22)12-20(19)27-14-15-7-5-4-6-8-15/h4-8,11-12,18,23H,3,9-10,13-14H2,1-2H3,(H,24,25). The fourth-order valence-electron chi connectivity index (χ4n) is 2.61. The van der Waals surface area contributed by atoms with Gasteiger partial charge < -0.3 is 19.9 Å². The third-order valence-electron chi connectivity index (χ3n) is 4.10. The number of ether oxygens (including phenoxy) is 2. The third-order valence-corrected chi connectivity index (χ3v) is 5.09. The topological polar surface area (TPSA) is 67.8 Å². The van der Waals surface area contributed by atoms with Crippen LogP contribution in [0.1, 0.15) is 24.5 Å². The lowest BCUT2D eigenvalue weighted by molar-refractivity contribution is -0.139. The molecule has 7 heteroatoms. The van der Waals surface area contributed by atoms with Crippen LogP contribution in [-0.4, -0.2) is 35.7 Å². The molecule has 0 spiro atoms. The molecule has 0 saturated heterocycles. The van der Waals surface area contributed by atoms with E-state index in [0.717, 1.165) is 16.9 Å². The van der Waals surface area contributed by atoms with Crippen molar-refractivity contribution < 1.29 is 19.4 Å². The minimum Gasteiger partial charge on any atom is -0.490 e. The molecule has 2 rings (SSSR count). The number of benzene rings is 2. The second kappa shape index (κ2) is 11.8. The monoisotopic (exact) mass is 423 g/mol. The molecule has 0 radical (unpaired) electrons. The largest absolute Gasteiger partial charge is 0.490 e. The van der Waals surface area contributed by atoms with Crippen LogP contribution in [0.25, 0.3) is 0 Å². The van der Waals surface area contributed by atoms with E-state index in [1.165, 1.54) is 0 Å². The molecule has 0 aromatic heterocycles. The minimum atomic E-state index is -0.863. The smallest absolute Gasteiger partial charge is 0.320 e. The van der Waals surface area contributed by atoms with E-state index < -0.39 is 12.0 Å². The number of rotatable bonds is 12. The van der Waals surface area contributed by atoms with Crippen molar-refractivity contribution in [2.45, 2.75) is 32.5 Å². The molecule has 0 saturated carbocycles. The lowest BCUT2D eigenvalue weighted by Gasteiger charge is -2.17. The maximum atomic E-state index is 11.4. The molecule has 0 amide bonds. The quantitative estimate of drug-likeness (QED) is 0.519. The van der Waals surface area contributed by atoms with E-state index in [2.05, 4.69) is 5.32 Å². The first-order chi connectivity index (χ1) is 13.5. The summed E-state index contributed by atoms with van der Waals surface area (Å²) in [5.41, 5.74) is 1.82. The van der Waals surface area contributed by atoms with E-state index >= 15 is 0 Å². The lowest BCUT2D eigenvalue weighted by Crippen LogP contribution is -2.36. The summed E-state index contributed by atoms with van der Waals surface area (Å²) in [6.45, 7) is 3.13. The van der Waals surface area contributed by atoms with Gasteiger partial charge in [-0.25, -0.2) is 0 Å². The maximum absolute atomic E-state index is 11.4. The van der Waals surface area contributed by atoms with Gasteiger partial charge in [0.05, 0.1) is 6.61 Å². The van der Waals surface area contributed by atoms with Crippen LogP contribution in [0, 0.1) is 0 Å². The number of nitrogens with one attached hydrogen (secondary N) is 1. The molecule has 0 heterocycles. The molecule has 2 aromatic carbocycles. The van der Waals surface area contributed by atoms with E-state index in [1.54, 1.807) is 17.8 Å². The van der Waals surface area contributed by atoms with Crippen LogP contribution in [0.5, 0.6) is 11.5 Å². The Labute approximate surface area is 175 Å². The Morgan fingerprint density at radius 1 is 1.21 bits per heavy atom. The van der Waals surface area contributed by atoms with Gasteiger partial charge in [-0.1, -0.05) is 41.9 Å². The molecular formula is C21H26ClNO4S. The predicted octanol–water partition coefficient (Wildman–Crippen LogP) is 4.61. The Balaban J connectivity index is 2.10. The average Bonchev–Trinajstić information content (AvgIpc) is 2.69. The minimum absolute atomic E-state index is 0.337. The fourth-order valence-corrected chi connectivity index (χ4v) is 3.30. The summed E-state index contributed by atoms with van der Waals surface area (Å²) < 4.78 is 11.6. The number of halogens is 1. The highest BCUT2D eigenvalue weighted by Crippen LogP contribution is 2.34. The molecule has 2 aromatic rings. The van der Waals surface area contributed by atoms with Crippen LogP contribution in [0.3, 0.4) is 0 Å². The number of thioether (sulfide) groups is 1. The number of carbonyl (C=O) groups is 1. The highest BCUT2D eigenvalue weighted by Gasteiger charge is 2.18. The van der Waals surface area contributed by atoms with Gasteiger partial charge in [0.1, 0.15) is 12.6 Å². The summed E-state index contributed by atoms with van der Waals surface area (Å²) >= 11 is 8.04. The number of aliphatic carboxylic acids is 1. The molecule has 0 aliphatic rings. The molecule has 0 aliphatic carbocycles. The second-order valence-electron chi connectivity index (χ2n) is 6.15. The zero-order valence-electron chi connectivity index (χ0n) is 16.1. The van der Waals surface area contributed by atoms with Crippen molar-refractivity contribution in [2.75, 3.05) is 18.6 Å². The maximum Gasteiger partial charge on any atom is 0.320 e. The van der Waals surface area contributed by atoms with Gasteiger partial charge in [-0.05, 0) is 42.5 Å². The van der Waals surface area contributed by atoms with E-state index in [-0.39, 0.29) is 0 Å². The molecule has 28 heavy (non-hydrogen) atoms. The number of carboxylic acid groups (broad SMARTS) is 1. The number of hydrogen-bond acceptors (Lipinski definition) is 5. The summed E-state index contributed by atoms with van der Waals surface area (Å²) in [6.07, 6.45) is 2.50. The van der Waals surface area contributed by atoms with Crippen LogP contribution in [0.15, 0.2) is 42.5 Å². The second-order valence-corrected chi connectivity index (χ2v) is 7.54. The van der Waals surface area contributed by atoms with Crippen molar-refractivity contribution in [3.63, 3.8) is 0 Å². The normalized spacial score (nSPS) is 11.8. The van der Waals surface area contributed by atoms with E-state index in [9.17, 15) is 9.90 Å². The van der Waals surface area contributed by atoms with Gasteiger partial charge in [-0.15, -0.1) is 0 Å². The Morgan fingerprint density at radius 3 is 2.57 bits per heavy atom. The van der Waals surface area contributed by atoms with Gasteiger partial charge in [0.2, 0.25) is 0 Å². The molecule has 1 unspecified atom stereocenters. The van der Waals surface area contributed by atoms with Crippen LogP contribution in [0.2, 0.25) is 5.02 Å². The highest BCUT2D eigenvalue weighted by atomic mass is 35.5. The Hall–Kier alpha value is -1.89. The van der Waals surface area contributed by atoms with Crippen LogP contribution in [-0.2, 0) is 17.9 Å². The first-order valence-corrected chi connectivity index (χ1v) is 10.9. The SMILES string of the molecule is CCOc1cc(CNC(CCSC)C(=O)O)c(Cl)cc1OCc1ccccc1. The molecule has 1 atom stereocenters. The van der Waals surface area contributed by atoms with Crippen molar-refractivity contribution >= 4 is 29.3 Å². The van der Waals surface area contributed by atoms with Gasteiger partial charge in [-0.3, -0.25) is 4.79 Å². The lowest BCUT2D eigenvalue weighted by atomic mass is 10.1. The molecule has 152 valence electrons. The predicted molar refractivity (Wildman–Crippen MR) is 115 cm³/mol. The molecule has 5 nitrogen and oxygen atoms in total. The molecule has 2 N–H and O–H groups in total. The van der Waals surface area contributed by atoms with Gasteiger partial charge in [0.15, 0.2) is 11.5 Å². The van der Waals surface area contributed by atoms with E-state index in [0.29, 0.717) is 42.7 Å². The first-order valence-electron chi connectivity index (χ1n) is 9.12. The van der Waals surface area contributed by atoms with Gasteiger partial charge in [-0.2, -0.15) is 11.8 Å². The van der Waals surface area contributed by atoms with Crippen molar-refractivity contribution in [2.24, 2.45) is 0 Å². The third kappa shape index (κ3) is 6.93. The Kier molecular flexibility index (Phi) is 9.47. The Bertz CT molecular complexity index is 758. The van der Waals surface area contributed by atoms with Gasteiger partial charge >= 0.3 is 5.97 Å². The molecule has 0 fully saturated rings. The summed E-state index contributed by atoms with van der Waals surface area (Å²) in [6, 6.07) is 12.8. The van der Waals surface area contributed by atoms with E-state index in [1.807, 2.05) is 49.6 Å². The summed E-state index contributed by atoms with van der Waals surface area (Å²) in [4.78, 5) is 11.4. The van der Waals surface area contributed by atoms with Gasteiger partial charge in [0, 0.05) is 17.6 Å². The van der Waals surface area contributed by atoms with Crippen LogP contribution >= 0.6 is 23.4 Å². The Morgan fingerprint density at radius 2 is 1.93 bits per heavy atom. The summed E-state index contributed by atoms with van der Waals surface area (Å²) in [7, 11) is 0. The zero-order valence-corrected chi connectivity index (χ0v) is 17.7. The zero-order chi connectivity index (χ0) is 20.4. The van der Waals surface area contributed by atoms with Crippen LogP contribution < -0.4 is 14.8 Å². The molecule has 0 bridgehead atoms. The van der Waals surface area contributed by atoms with Crippen molar-refractivity contribution in [3.05, 3.63) is 58.6 Å². The molecular weight excluding hydrogens is 398 g/mol. The van der Waals surface area contributed by atoms with Gasteiger partial charge in [0.25, 0.3) is 0 Å². The van der Waals surface area contributed by atoms with Crippen molar-refractivity contribution in [1.29, 1.82) is 0 Å². The summed E-state index contributed by atoms with van der Waals surface area (Å²) in [5.74, 6) is 1.07. The summed E-state index contributed by atoms with van der Waals surface area (Å²) in [5, 5.41) is 12.9. The fraction of sp³-hybridized carbons (Fsp3) is 0.381. The van der Waals surface area contributed by atoms with Crippen molar-refractivity contribution in [1.82, 2.24) is 5.32 Å².